The number of nitrogens with one attached hydrogen (secondary N) is 1. The molecule has 37 heavy (non-hydrogen) atoms. The van der Waals surface area contributed by atoms with Crippen molar-refractivity contribution in [3.8, 4) is 0 Å². The number of piperidine rings is 3. The fraction of sp³-hybridized carbons (Fsp3) is 0.294. The Hall–Kier alpha value is -2.30. The number of hydrogen-bond donors (Lipinski definition) is 1. The molecular weight excluding hydrogens is 552 g/mol. The van der Waals surface area contributed by atoms with Crippen molar-refractivity contribution < 1.29 is 4.90 Å². The normalized spacial score (nSPS) is 21.1. The van der Waals surface area contributed by atoms with Crippen LogP contribution in [0.5, 0.6) is 0 Å². The molecule has 3 heteroatoms. The van der Waals surface area contributed by atoms with Crippen molar-refractivity contribution in [1.29, 1.82) is 0 Å². The first-order valence-electron chi connectivity index (χ1n) is 14.2. The molecule has 0 amide bonds. The number of fused-ring (bicyclic) bond motifs is 3. The Labute approximate surface area is 228 Å². The summed E-state index contributed by atoms with van der Waals surface area (Å²) in [5.74, 6) is 0. The predicted molar refractivity (Wildman–Crippen MR) is 166 cm³/mol. The quantitative estimate of drug-likeness (QED) is 0.331. The molecule has 3 saturated heterocycles. The first kappa shape index (κ1) is 26.3. The topological polar surface area (TPSA) is 4.44 Å². The van der Waals surface area contributed by atoms with Crippen molar-refractivity contribution in [3.05, 3.63) is 121 Å². The summed E-state index contributed by atoms with van der Waals surface area (Å²) in [7, 11) is 0. The first-order valence-corrected chi connectivity index (χ1v) is 24.2. The fourth-order valence-corrected chi connectivity index (χ4v) is 14.7. The predicted octanol–water partition coefficient (Wildman–Crippen LogP) is 4.21. The van der Waals surface area contributed by atoms with Crippen LogP contribution in [0.4, 0.5) is 0 Å². The Morgan fingerprint density at radius 3 is 0.973 bits per heavy atom. The van der Waals surface area contributed by atoms with Gasteiger partial charge in [0, 0.05) is 0 Å². The zero-order valence-corrected chi connectivity index (χ0v) is 25.7. The van der Waals surface area contributed by atoms with E-state index in [1.54, 1.807) is 19.3 Å². The van der Waals surface area contributed by atoms with Gasteiger partial charge >= 0.3 is 80.4 Å². The minimum absolute atomic E-state index is 0.913. The van der Waals surface area contributed by atoms with E-state index in [-0.39, 0.29) is 0 Å². The molecule has 190 valence electrons. The van der Waals surface area contributed by atoms with Gasteiger partial charge < -0.3 is 0 Å². The molecule has 0 atom stereocenters. The SMILES string of the molecule is [CH3][Sn]([CH3])([CH3])[C]12CC[NH+](CC1)CC2.c1ccc([B-](c2ccccc2)(c2ccccc2)c2ccccc2)cc1. The first-order chi connectivity index (χ1) is 18.0. The van der Waals surface area contributed by atoms with Gasteiger partial charge in [-0.1, -0.05) is 121 Å². The summed E-state index contributed by atoms with van der Waals surface area (Å²) >= 11 is -1.61. The average Bonchev–Trinajstić information content (AvgIpc) is 2.97. The molecule has 0 radical (unpaired) electrons. The fourth-order valence-electron chi connectivity index (χ4n) is 7.24. The van der Waals surface area contributed by atoms with Crippen molar-refractivity contribution >= 4 is 46.4 Å². The molecule has 0 spiro atoms. The maximum atomic E-state index is 2.64. The van der Waals surface area contributed by atoms with Crippen LogP contribution < -0.4 is 26.8 Å². The molecule has 3 fully saturated rings. The molecule has 0 aliphatic carbocycles. The van der Waals surface area contributed by atoms with Crippen molar-refractivity contribution in [2.75, 3.05) is 19.6 Å². The third-order valence-corrected chi connectivity index (χ3v) is 20.9. The second kappa shape index (κ2) is 11.2. The van der Waals surface area contributed by atoms with Crippen LogP contribution in [0.1, 0.15) is 19.3 Å². The average molecular weight is 594 g/mol. The van der Waals surface area contributed by atoms with E-state index in [4.69, 9.17) is 0 Å². The molecule has 1 nitrogen and oxygen atoms in total. The van der Waals surface area contributed by atoms with Crippen LogP contribution in [0.3, 0.4) is 0 Å². The van der Waals surface area contributed by atoms with Crippen LogP contribution in [0.25, 0.3) is 0 Å². The van der Waals surface area contributed by atoms with Gasteiger partial charge in [-0.2, -0.15) is 21.9 Å². The Morgan fingerprint density at radius 1 is 0.486 bits per heavy atom. The number of quaternary nitrogens is 1. The Morgan fingerprint density at radius 2 is 0.757 bits per heavy atom. The smallest absolute Gasteiger partial charge is 0.108 e. The largest absolute Gasteiger partial charge is 0.195 e. The van der Waals surface area contributed by atoms with Gasteiger partial charge in [0.1, 0.15) is 6.15 Å². The molecule has 0 unspecified atom stereocenters. The van der Waals surface area contributed by atoms with E-state index in [2.05, 4.69) is 136 Å². The second-order valence-electron chi connectivity index (χ2n) is 12.3. The summed E-state index contributed by atoms with van der Waals surface area (Å²) in [4.78, 5) is 9.83. The monoisotopic (exact) mass is 595 g/mol. The van der Waals surface area contributed by atoms with Crippen LogP contribution in [0, 0.1) is 0 Å². The van der Waals surface area contributed by atoms with Gasteiger partial charge in [-0.05, 0) is 0 Å². The van der Waals surface area contributed by atoms with Gasteiger partial charge in [0.05, 0.1) is 0 Å². The minimum atomic E-state index is -1.61. The summed E-state index contributed by atoms with van der Waals surface area (Å²) in [5, 5.41) is 0. The molecule has 3 aliphatic heterocycles. The van der Waals surface area contributed by atoms with Gasteiger partial charge in [-0.25, -0.2) is 0 Å². The maximum Gasteiger partial charge on any atom is 0.108 e. The molecule has 7 rings (SSSR count). The van der Waals surface area contributed by atoms with E-state index < -0.39 is 24.5 Å². The molecule has 4 aromatic carbocycles. The van der Waals surface area contributed by atoms with Crippen molar-refractivity contribution in [3.63, 3.8) is 0 Å². The summed E-state index contributed by atoms with van der Waals surface area (Å²) in [6.45, 7) is 4.48. The summed E-state index contributed by atoms with van der Waals surface area (Å²) in [6.07, 6.45) is 3.50. The molecular formula is C34H42BNSn. The van der Waals surface area contributed by atoms with Crippen molar-refractivity contribution in [2.45, 2.75) is 37.5 Å². The van der Waals surface area contributed by atoms with Gasteiger partial charge in [-0.3, -0.25) is 0 Å². The summed E-state index contributed by atoms with van der Waals surface area (Å²) in [5.41, 5.74) is 5.36. The molecule has 0 saturated carbocycles. The second-order valence-corrected chi connectivity index (χ2v) is 28.2. The van der Waals surface area contributed by atoms with Gasteiger partial charge in [0.15, 0.2) is 0 Å². The summed E-state index contributed by atoms with van der Waals surface area (Å²) < 4.78 is 0.913. The van der Waals surface area contributed by atoms with Crippen LogP contribution in [-0.4, -0.2) is 44.2 Å². The van der Waals surface area contributed by atoms with E-state index in [0.717, 1.165) is 3.43 Å². The molecule has 1 N–H and O–H groups in total. The van der Waals surface area contributed by atoms with Gasteiger partial charge in [0.25, 0.3) is 0 Å². The van der Waals surface area contributed by atoms with Gasteiger partial charge in [-0.15, -0.1) is 0 Å². The van der Waals surface area contributed by atoms with Crippen LogP contribution in [0.2, 0.25) is 18.2 Å². The number of hydrogen-bond acceptors (Lipinski definition) is 0. The zero-order valence-electron chi connectivity index (χ0n) is 22.9. The summed E-state index contributed by atoms with van der Waals surface area (Å²) in [6, 6.07) is 43.5. The third kappa shape index (κ3) is 5.20. The number of rotatable bonds is 5. The van der Waals surface area contributed by atoms with Crippen LogP contribution >= 0.6 is 0 Å². The van der Waals surface area contributed by atoms with E-state index >= 15 is 0 Å². The maximum absolute atomic E-state index is 2.64. The van der Waals surface area contributed by atoms with Crippen LogP contribution in [0.15, 0.2) is 121 Å². The molecule has 3 aliphatic rings. The van der Waals surface area contributed by atoms with Crippen molar-refractivity contribution in [2.24, 2.45) is 0 Å². The van der Waals surface area contributed by atoms with E-state index in [1.165, 1.54) is 41.5 Å². The third-order valence-electron chi connectivity index (χ3n) is 9.66. The number of benzene rings is 4. The Balaban J connectivity index is 0.000000195. The zero-order chi connectivity index (χ0) is 25.8. The van der Waals surface area contributed by atoms with Gasteiger partial charge in [0.2, 0.25) is 0 Å². The molecule has 3 heterocycles. The minimum Gasteiger partial charge on any atom is -0.195 e. The van der Waals surface area contributed by atoms with E-state index in [9.17, 15) is 0 Å². The standard InChI is InChI=1S/C24H20B.C7H12N.3CH3.Sn/c1-5-13-21(14-6-1)25(22-15-7-2-8-16-22,23-17-9-3-10-18-23)24-19-11-4-12-20-24;1-4-8-5-2-7(1)3-6-8;;;;/h1-20H;1-6H2;3*1H3;/q-1;;;;;/p+1. The molecule has 0 aromatic heterocycles. The van der Waals surface area contributed by atoms with E-state index in [0.29, 0.717) is 0 Å². The Bertz CT molecular complexity index is 1070. The van der Waals surface area contributed by atoms with E-state index in [1.807, 2.05) is 4.90 Å². The Kier molecular flexibility index (Phi) is 7.97. The van der Waals surface area contributed by atoms with Crippen LogP contribution in [-0.2, 0) is 0 Å². The molecule has 2 bridgehead atoms. The van der Waals surface area contributed by atoms with Crippen molar-refractivity contribution in [1.82, 2.24) is 0 Å². The molecule has 4 aromatic rings.